The molecule has 0 heterocycles. The second kappa shape index (κ2) is 5.46. The number of halogens is 1. The summed E-state index contributed by atoms with van der Waals surface area (Å²) < 4.78 is 12.9. The van der Waals surface area contributed by atoms with E-state index in [0.717, 1.165) is 16.8 Å². The molecule has 0 saturated carbocycles. The summed E-state index contributed by atoms with van der Waals surface area (Å²) in [5.74, 6) is -0.192. The standard InChI is InChI=1S/C14H15FN2/c1-11-9-13(15)8-7-12(11)10-16-17-14-5-3-2-4-6-14/h2-9,16-17H,10H2,1H3. The van der Waals surface area contributed by atoms with Gasteiger partial charge in [-0.3, -0.25) is 0 Å². The summed E-state index contributed by atoms with van der Waals surface area (Å²) >= 11 is 0. The number of anilines is 1. The van der Waals surface area contributed by atoms with E-state index in [1.807, 2.05) is 37.3 Å². The molecule has 2 nitrogen and oxygen atoms in total. The first kappa shape index (κ1) is 11.6. The van der Waals surface area contributed by atoms with Gasteiger partial charge in [-0.05, 0) is 42.3 Å². The van der Waals surface area contributed by atoms with Gasteiger partial charge in [0.05, 0.1) is 0 Å². The molecule has 3 heteroatoms. The van der Waals surface area contributed by atoms with Gasteiger partial charge in [0.25, 0.3) is 0 Å². The third-order valence-electron chi connectivity index (χ3n) is 2.59. The summed E-state index contributed by atoms with van der Waals surface area (Å²) in [6.07, 6.45) is 0. The molecule has 0 fully saturated rings. The van der Waals surface area contributed by atoms with E-state index < -0.39 is 0 Å². The zero-order valence-electron chi connectivity index (χ0n) is 9.70. The van der Waals surface area contributed by atoms with Gasteiger partial charge in [0, 0.05) is 12.2 Å². The van der Waals surface area contributed by atoms with Crippen LogP contribution in [0.15, 0.2) is 48.5 Å². The second-order valence-electron chi connectivity index (χ2n) is 3.92. The van der Waals surface area contributed by atoms with Crippen LogP contribution in [0.4, 0.5) is 10.1 Å². The average molecular weight is 230 g/mol. The minimum atomic E-state index is -0.192. The Bertz CT molecular complexity index is 483. The van der Waals surface area contributed by atoms with Crippen LogP contribution in [0, 0.1) is 12.7 Å². The molecular weight excluding hydrogens is 215 g/mol. The first-order valence-corrected chi connectivity index (χ1v) is 5.54. The number of hydrazine groups is 1. The number of hydrogen-bond donors (Lipinski definition) is 2. The van der Waals surface area contributed by atoms with Crippen molar-refractivity contribution in [2.45, 2.75) is 13.5 Å². The lowest BCUT2D eigenvalue weighted by Gasteiger charge is -2.10. The van der Waals surface area contributed by atoms with Crippen molar-refractivity contribution in [3.05, 3.63) is 65.5 Å². The molecule has 17 heavy (non-hydrogen) atoms. The smallest absolute Gasteiger partial charge is 0.123 e. The molecule has 2 aromatic carbocycles. The largest absolute Gasteiger partial charge is 0.321 e. The topological polar surface area (TPSA) is 24.1 Å². The molecule has 0 atom stereocenters. The molecule has 0 unspecified atom stereocenters. The van der Waals surface area contributed by atoms with Gasteiger partial charge in [0.15, 0.2) is 0 Å². The van der Waals surface area contributed by atoms with E-state index in [9.17, 15) is 4.39 Å². The van der Waals surface area contributed by atoms with Crippen LogP contribution in [0.5, 0.6) is 0 Å². The van der Waals surface area contributed by atoms with Crippen molar-refractivity contribution in [3.8, 4) is 0 Å². The molecule has 0 amide bonds. The van der Waals surface area contributed by atoms with Crippen LogP contribution >= 0.6 is 0 Å². The van der Waals surface area contributed by atoms with Crippen LogP contribution in [-0.2, 0) is 6.54 Å². The molecule has 2 rings (SSSR count). The maximum Gasteiger partial charge on any atom is 0.123 e. The number of rotatable bonds is 4. The van der Waals surface area contributed by atoms with Crippen molar-refractivity contribution in [3.63, 3.8) is 0 Å². The fourth-order valence-corrected chi connectivity index (χ4v) is 1.62. The molecule has 0 aliphatic rings. The van der Waals surface area contributed by atoms with Crippen molar-refractivity contribution in [2.24, 2.45) is 0 Å². The normalized spacial score (nSPS) is 10.2. The first-order valence-electron chi connectivity index (χ1n) is 5.54. The zero-order chi connectivity index (χ0) is 12.1. The molecule has 2 aromatic rings. The van der Waals surface area contributed by atoms with Gasteiger partial charge in [-0.1, -0.05) is 24.3 Å². The number of nitrogens with one attached hydrogen (secondary N) is 2. The molecular formula is C14H15FN2. The van der Waals surface area contributed by atoms with Gasteiger partial charge in [-0.15, -0.1) is 0 Å². The Morgan fingerprint density at radius 2 is 1.82 bits per heavy atom. The minimum absolute atomic E-state index is 0.192. The summed E-state index contributed by atoms with van der Waals surface area (Å²) in [4.78, 5) is 0. The van der Waals surface area contributed by atoms with E-state index >= 15 is 0 Å². The van der Waals surface area contributed by atoms with Crippen LogP contribution in [0.2, 0.25) is 0 Å². The Morgan fingerprint density at radius 1 is 1.06 bits per heavy atom. The van der Waals surface area contributed by atoms with Crippen LogP contribution in [0.1, 0.15) is 11.1 Å². The molecule has 2 N–H and O–H groups in total. The molecule has 88 valence electrons. The van der Waals surface area contributed by atoms with Crippen LogP contribution in [0.25, 0.3) is 0 Å². The highest BCUT2D eigenvalue weighted by molar-refractivity contribution is 5.41. The van der Waals surface area contributed by atoms with E-state index in [1.54, 1.807) is 12.1 Å². The quantitative estimate of drug-likeness (QED) is 0.788. The number of para-hydroxylation sites is 1. The Morgan fingerprint density at radius 3 is 2.53 bits per heavy atom. The predicted molar refractivity (Wildman–Crippen MR) is 68.0 cm³/mol. The van der Waals surface area contributed by atoms with Gasteiger partial charge in [0.2, 0.25) is 0 Å². The van der Waals surface area contributed by atoms with Crippen LogP contribution < -0.4 is 10.9 Å². The lowest BCUT2D eigenvalue weighted by atomic mass is 10.1. The number of hydrogen-bond acceptors (Lipinski definition) is 2. The average Bonchev–Trinajstić information content (AvgIpc) is 2.33. The summed E-state index contributed by atoms with van der Waals surface area (Å²) in [5.41, 5.74) is 9.23. The van der Waals surface area contributed by atoms with Crippen LogP contribution in [0.3, 0.4) is 0 Å². The number of aryl methyl sites for hydroxylation is 1. The van der Waals surface area contributed by atoms with Crippen molar-refractivity contribution in [1.82, 2.24) is 5.43 Å². The highest BCUT2D eigenvalue weighted by Gasteiger charge is 1.99. The molecule has 0 spiro atoms. The molecule has 0 aliphatic carbocycles. The Balaban J connectivity index is 1.90. The summed E-state index contributed by atoms with van der Waals surface area (Å²) in [7, 11) is 0. The lowest BCUT2D eigenvalue weighted by Crippen LogP contribution is -2.21. The highest BCUT2D eigenvalue weighted by atomic mass is 19.1. The first-order chi connectivity index (χ1) is 8.25. The maximum atomic E-state index is 12.9. The minimum Gasteiger partial charge on any atom is -0.321 e. The van der Waals surface area contributed by atoms with Crippen molar-refractivity contribution in [1.29, 1.82) is 0 Å². The summed E-state index contributed by atoms with van der Waals surface area (Å²) in [5, 5.41) is 0. The molecule has 0 aromatic heterocycles. The van der Waals surface area contributed by atoms with Crippen molar-refractivity contribution >= 4 is 5.69 Å². The fourth-order valence-electron chi connectivity index (χ4n) is 1.62. The predicted octanol–water partition coefficient (Wildman–Crippen LogP) is 3.25. The van der Waals surface area contributed by atoms with Gasteiger partial charge in [-0.2, -0.15) is 0 Å². The van der Waals surface area contributed by atoms with E-state index in [-0.39, 0.29) is 5.82 Å². The van der Waals surface area contributed by atoms with E-state index in [0.29, 0.717) is 6.54 Å². The third kappa shape index (κ3) is 3.29. The summed E-state index contributed by atoms with van der Waals surface area (Å²) in [6, 6.07) is 14.7. The third-order valence-corrected chi connectivity index (χ3v) is 2.59. The monoisotopic (exact) mass is 230 g/mol. The highest BCUT2D eigenvalue weighted by Crippen LogP contribution is 2.10. The molecule has 0 saturated heterocycles. The fraction of sp³-hybridized carbons (Fsp3) is 0.143. The Labute approximate surface area is 100 Å². The Kier molecular flexibility index (Phi) is 3.73. The van der Waals surface area contributed by atoms with E-state index in [2.05, 4.69) is 10.9 Å². The van der Waals surface area contributed by atoms with Crippen molar-refractivity contribution < 1.29 is 4.39 Å². The van der Waals surface area contributed by atoms with Gasteiger partial charge >= 0.3 is 0 Å². The number of benzene rings is 2. The Hall–Kier alpha value is -1.87. The van der Waals surface area contributed by atoms with E-state index in [4.69, 9.17) is 0 Å². The van der Waals surface area contributed by atoms with Crippen molar-refractivity contribution in [2.75, 3.05) is 5.43 Å². The maximum absolute atomic E-state index is 12.9. The SMILES string of the molecule is Cc1cc(F)ccc1CNNc1ccccc1. The molecule has 0 aliphatic heterocycles. The molecule has 0 radical (unpaired) electrons. The van der Waals surface area contributed by atoms with Gasteiger partial charge < -0.3 is 5.43 Å². The van der Waals surface area contributed by atoms with E-state index in [1.165, 1.54) is 6.07 Å². The lowest BCUT2D eigenvalue weighted by molar-refractivity contribution is 0.624. The molecule has 0 bridgehead atoms. The summed E-state index contributed by atoms with van der Waals surface area (Å²) in [6.45, 7) is 2.56. The zero-order valence-corrected chi connectivity index (χ0v) is 9.70. The van der Waals surface area contributed by atoms with Gasteiger partial charge in [0.1, 0.15) is 5.82 Å². The van der Waals surface area contributed by atoms with Gasteiger partial charge in [-0.25, -0.2) is 9.82 Å². The second-order valence-corrected chi connectivity index (χ2v) is 3.92. The van der Waals surface area contributed by atoms with Crippen LogP contribution in [-0.4, -0.2) is 0 Å².